The van der Waals surface area contributed by atoms with Crippen LogP contribution in [0.1, 0.15) is 31.2 Å². The Bertz CT molecular complexity index is 986. The molecule has 0 radical (unpaired) electrons. The first-order valence-corrected chi connectivity index (χ1v) is 12.9. The smallest absolute Gasteiger partial charge is 0.321 e. The van der Waals surface area contributed by atoms with Crippen molar-refractivity contribution in [1.82, 2.24) is 15.1 Å². The Kier molecular flexibility index (Phi) is 8.88. The van der Waals surface area contributed by atoms with Gasteiger partial charge in [0.25, 0.3) is 0 Å². The zero-order valence-electron chi connectivity index (χ0n) is 20.3. The van der Waals surface area contributed by atoms with Gasteiger partial charge in [0.15, 0.2) is 0 Å². The number of hydrogen-bond acceptors (Lipinski definition) is 4. The summed E-state index contributed by atoms with van der Waals surface area (Å²) in [5.41, 5.74) is 1.85. The predicted molar refractivity (Wildman–Crippen MR) is 139 cm³/mol. The third-order valence-electron chi connectivity index (χ3n) is 7.06. The number of carbonyl (C=O) groups excluding carboxylic acids is 2. The number of urea groups is 1. The number of anilines is 1. The first kappa shape index (κ1) is 25.3. The van der Waals surface area contributed by atoms with Crippen LogP contribution in [0.2, 0.25) is 5.02 Å². The van der Waals surface area contributed by atoms with Gasteiger partial charge < -0.3 is 20.3 Å². The minimum absolute atomic E-state index is 0.113. The molecule has 35 heavy (non-hydrogen) atoms. The SMILES string of the molecule is COc1ccc(CCNC(=O)C(C2CCCC2)N2CCN(C(=O)Nc3cccc(Cl)c3)CC2)cc1. The highest BCUT2D eigenvalue weighted by atomic mass is 35.5. The number of benzene rings is 2. The van der Waals surface area contributed by atoms with Crippen LogP contribution in [0.25, 0.3) is 0 Å². The lowest BCUT2D eigenvalue weighted by molar-refractivity contribution is -0.129. The number of amides is 3. The molecule has 4 rings (SSSR count). The monoisotopic (exact) mass is 498 g/mol. The highest BCUT2D eigenvalue weighted by Crippen LogP contribution is 2.31. The zero-order valence-corrected chi connectivity index (χ0v) is 21.1. The molecule has 1 atom stereocenters. The van der Waals surface area contributed by atoms with Gasteiger partial charge in [-0.2, -0.15) is 0 Å². The van der Waals surface area contributed by atoms with Crippen molar-refractivity contribution in [2.75, 3.05) is 45.2 Å². The van der Waals surface area contributed by atoms with Crippen LogP contribution in [0.4, 0.5) is 10.5 Å². The van der Waals surface area contributed by atoms with Crippen molar-refractivity contribution in [2.45, 2.75) is 38.1 Å². The Labute approximate surface area is 212 Å². The number of ether oxygens (including phenoxy) is 1. The largest absolute Gasteiger partial charge is 0.497 e. The molecule has 2 aromatic carbocycles. The summed E-state index contributed by atoms with van der Waals surface area (Å²) in [6.07, 6.45) is 5.33. The molecule has 0 aromatic heterocycles. The number of methoxy groups -OCH3 is 1. The first-order chi connectivity index (χ1) is 17.0. The lowest BCUT2D eigenvalue weighted by Crippen LogP contribution is -2.58. The molecule has 0 bridgehead atoms. The van der Waals surface area contributed by atoms with Crippen LogP contribution in [0.3, 0.4) is 0 Å². The molecular formula is C27H35ClN4O3. The van der Waals surface area contributed by atoms with Crippen molar-refractivity contribution in [2.24, 2.45) is 5.92 Å². The minimum Gasteiger partial charge on any atom is -0.497 e. The summed E-state index contributed by atoms with van der Waals surface area (Å²) >= 11 is 6.03. The average molecular weight is 499 g/mol. The molecule has 1 heterocycles. The first-order valence-electron chi connectivity index (χ1n) is 12.5. The number of rotatable bonds is 8. The fourth-order valence-corrected chi connectivity index (χ4v) is 5.34. The number of halogens is 1. The molecule has 3 amide bonds. The fraction of sp³-hybridized carbons (Fsp3) is 0.481. The molecule has 1 saturated heterocycles. The van der Waals surface area contributed by atoms with Crippen molar-refractivity contribution in [3.05, 3.63) is 59.1 Å². The van der Waals surface area contributed by atoms with Gasteiger partial charge in [-0.15, -0.1) is 0 Å². The van der Waals surface area contributed by atoms with Gasteiger partial charge in [0.2, 0.25) is 5.91 Å². The molecule has 2 fully saturated rings. The van der Waals surface area contributed by atoms with Gasteiger partial charge in [-0.1, -0.05) is 42.6 Å². The minimum atomic E-state index is -0.133. The number of carbonyl (C=O) groups is 2. The lowest BCUT2D eigenvalue weighted by atomic mass is 9.95. The van der Waals surface area contributed by atoms with E-state index in [4.69, 9.17) is 16.3 Å². The topological polar surface area (TPSA) is 73.9 Å². The molecule has 8 heteroatoms. The number of nitrogens with zero attached hydrogens (tertiary/aromatic N) is 2. The van der Waals surface area contributed by atoms with Crippen LogP contribution in [0.15, 0.2) is 48.5 Å². The van der Waals surface area contributed by atoms with Crippen LogP contribution in [-0.2, 0) is 11.2 Å². The summed E-state index contributed by atoms with van der Waals surface area (Å²) in [6, 6.07) is 14.9. The average Bonchev–Trinajstić information content (AvgIpc) is 3.39. The lowest BCUT2D eigenvalue weighted by Gasteiger charge is -2.40. The van der Waals surface area contributed by atoms with E-state index in [9.17, 15) is 9.59 Å². The van der Waals surface area contributed by atoms with E-state index in [-0.39, 0.29) is 18.0 Å². The Hall–Kier alpha value is -2.77. The molecule has 2 aliphatic rings. The van der Waals surface area contributed by atoms with Gasteiger partial charge in [0.05, 0.1) is 13.2 Å². The van der Waals surface area contributed by atoms with Crippen LogP contribution in [0, 0.1) is 5.92 Å². The van der Waals surface area contributed by atoms with Crippen LogP contribution >= 0.6 is 11.6 Å². The predicted octanol–water partition coefficient (Wildman–Crippen LogP) is 4.42. The Morgan fingerprint density at radius 2 is 1.77 bits per heavy atom. The van der Waals surface area contributed by atoms with E-state index in [0.29, 0.717) is 49.4 Å². The fourth-order valence-electron chi connectivity index (χ4n) is 5.15. The third-order valence-corrected chi connectivity index (χ3v) is 7.29. The number of nitrogens with one attached hydrogen (secondary N) is 2. The maximum Gasteiger partial charge on any atom is 0.321 e. The van der Waals surface area contributed by atoms with Gasteiger partial charge in [-0.3, -0.25) is 9.69 Å². The van der Waals surface area contributed by atoms with Gasteiger partial charge in [-0.25, -0.2) is 4.79 Å². The molecular weight excluding hydrogens is 464 g/mol. The van der Waals surface area contributed by atoms with Crippen molar-refractivity contribution in [1.29, 1.82) is 0 Å². The van der Waals surface area contributed by atoms with E-state index in [1.165, 1.54) is 18.4 Å². The summed E-state index contributed by atoms with van der Waals surface area (Å²) in [5.74, 6) is 1.32. The van der Waals surface area contributed by atoms with Crippen molar-refractivity contribution >= 4 is 29.2 Å². The second-order valence-corrected chi connectivity index (χ2v) is 9.78. The zero-order chi connectivity index (χ0) is 24.6. The standard InChI is InChI=1S/C27H35ClN4O3/c1-35-24-11-9-20(10-12-24)13-14-29-26(33)25(21-5-2-3-6-21)31-15-17-32(18-16-31)27(34)30-23-8-4-7-22(28)19-23/h4,7-12,19,21,25H,2-3,5-6,13-18H2,1H3,(H,29,33)(H,30,34). The normalized spacial score (nSPS) is 17.7. The van der Waals surface area contributed by atoms with Gasteiger partial charge in [0, 0.05) is 43.4 Å². The van der Waals surface area contributed by atoms with Crippen LogP contribution < -0.4 is 15.4 Å². The van der Waals surface area contributed by atoms with E-state index < -0.39 is 0 Å². The quantitative estimate of drug-likeness (QED) is 0.565. The third kappa shape index (κ3) is 6.89. The van der Waals surface area contributed by atoms with Crippen LogP contribution in [0.5, 0.6) is 5.75 Å². The Morgan fingerprint density at radius 3 is 2.43 bits per heavy atom. The van der Waals surface area contributed by atoms with E-state index in [0.717, 1.165) is 25.0 Å². The molecule has 2 N–H and O–H groups in total. The van der Waals surface area contributed by atoms with E-state index in [2.05, 4.69) is 15.5 Å². The summed E-state index contributed by atoms with van der Waals surface area (Å²) < 4.78 is 5.22. The van der Waals surface area contributed by atoms with E-state index >= 15 is 0 Å². The van der Waals surface area contributed by atoms with Gasteiger partial charge >= 0.3 is 6.03 Å². The van der Waals surface area contributed by atoms with E-state index in [1.54, 1.807) is 19.2 Å². The van der Waals surface area contributed by atoms with Gasteiger partial charge in [-0.05, 0) is 61.1 Å². The highest BCUT2D eigenvalue weighted by molar-refractivity contribution is 6.30. The summed E-state index contributed by atoms with van der Waals surface area (Å²) in [7, 11) is 1.66. The second-order valence-electron chi connectivity index (χ2n) is 9.34. The Balaban J connectivity index is 1.30. The van der Waals surface area contributed by atoms with Crippen molar-refractivity contribution in [3.63, 3.8) is 0 Å². The molecule has 1 aliphatic heterocycles. The molecule has 7 nitrogen and oxygen atoms in total. The highest BCUT2D eigenvalue weighted by Gasteiger charge is 2.37. The molecule has 1 aliphatic carbocycles. The van der Waals surface area contributed by atoms with E-state index in [1.807, 2.05) is 41.3 Å². The molecule has 1 unspecified atom stereocenters. The molecule has 2 aromatic rings. The maximum absolute atomic E-state index is 13.3. The van der Waals surface area contributed by atoms with Crippen molar-refractivity contribution in [3.8, 4) is 5.75 Å². The Morgan fingerprint density at radius 1 is 1.06 bits per heavy atom. The molecule has 188 valence electrons. The number of piperazine rings is 1. The second kappa shape index (κ2) is 12.3. The number of hydrogen-bond donors (Lipinski definition) is 2. The molecule has 1 saturated carbocycles. The summed E-state index contributed by atoms with van der Waals surface area (Å²) in [6.45, 7) is 3.17. The van der Waals surface area contributed by atoms with Crippen LogP contribution in [-0.4, -0.2) is 67.6 Å². The van der Waals surface area contributed by atoms with Crippen molar-refractivity contribution < 1.29 is 14.3 Å². The summed E-state index contributed by atoms with van der Waals surface area (Å²) in [5, 5.41) is 6.70. The van der Waals surface area contributed by atoms with Gasteiger partial charge in [0.1, 0.15) is 5.75 Å². The summed E-state index contributed by atoms with van der Waals surface area (Å²) in [4.78, 5) is 30.1. The maximum atomic E-state index is 13.3. The molecule has 0 spiro atoms.